The Morgan fingerprint density at radius 2 is 1.95 bits per heavy atom. The van der Waals surface area contributed by atoms with Crippen LogP contribution in [-0.2, 0) is 0 Å². The van der Waals surface area contributed by atoms with Crippen LogP contribution in [0.2, 0.25) is 0 Å². The van der Waals surface area contributed by atoms with Gasteiger partial charge in [0, 0.05) is 41.0 Å². The molecule has 3 heterocycles. The Morgan fingerprint density at radius 3 is 2.73 bits per heavy atom. The lowest BCUT2D eigenvalue weighted by Crippen LogP contribution is -2.31. The Balaban J connectivity index is 1.72. The Kier molecular flexibility index (Phi) is 3.75. The predicted octanol–water partition coefficient (Wildman–Crippen LogP) is 3.88. The molecule has 0 unspecified atom stereocenters. The Morgan fingerprint density at radius 1 is 1.09 bits per heavy atom. The van der Waals surface area contributed by atoms with E-state index in [2.05, 4.69) is 47.0 Å². The molecule has 116 valence electrons. The van der Waals surface area contributed by atoms with Gasteiger partial charge in [0.2, 0.25) is 0 Å². The molecule has 0 bridgehead atoms. The molecule has 2 aliphatic heterocycles. The van der Waals surface area contributed by atoms with Crippen molar-refractivity contribution in [2.75, 3.05) is 26.7 Å². The molecule has 4 rings (SSSR count). The highest BCUT2D eigenvalue weighted by molar-refractivity contribution is 6.10. The van der Waals surface area contributed by atoms with Crippen LogP contribution in [0.3, 0.4) is 0 Å². The quantitative estimate of drug-likeness (QED) is 0.823. The van der Waals surface area contributed by atoms with Crippen LogP contribution in [0, 0.1) is 0 Å². The number of likely N-dealkylation sites (tertiary alicyclic amines) is 1. The Labute approximate surface area is 132 Å². The molecule has 0 radical (unpaired) electrons. The number of hydrogen-bond donors (Lipinski definition) is 0. The first kappa shape index (κ1) is 14.0. The minimum absolute atomic E-state index is 0.650. The molecule has 2 aromatic rings. The van der Waals surface area contributed by atoms with Gasteiger partial charge in [-0.15, -0.1) is 0 Å². The summed E-state index contributed by atoms with van der Waals surface area (Å²) < 4.78 is 2.51. The van der Waals surface area contributed by atoms with Gasteiger partial charge in [-0.05, 0) is 64.4 Å². The van der Waals surface area contributed by atoms with Crippen molar-refractivity contribution in [1.82, 2.24) is 9.47 Å². The number of nitrogens with zero attached hydrogens (tertiary/aromatic N) is 3. The van der Waals surface area contributed by atoms with Crippen LogP contribution < -0.4 is 0 Å². The highest BCUT2D eigenvalue weighted by atomic mass is 15.1. The molecule has 0 aliphatic carbocycles. The fourth-order valence-corrected chi connectivity index (χ4v) is 3.95. The first-order valence-corrected chi connectivity index (χ1v) is 8.65. The Bertz CT molecular complexity index is 690. The maximum Gasteiger partial charge on any atom is 0.0489 e. The van der Waals surface area contributed by atoms with Crippen LogP contribution >= 0.6 is 0 Å². The van der Waals surface area contributed by atoms with Gasteiger partial charge < -0.3 is 9.47 Å². The summed E-state index contributed by atoms with van der Waals surface area (Å²) in [6, 6.07) is 9.70. The predicted molar refractivity (Wildman–Crippen MR) is 93.0 cm³/mol. The van der Waals surface area contributed by atoms with Crippen LogP contribution in [0.5, 0.6) is 0 Å². The third-order valence-corrected chi connectivity index (χ3v) is 5.28. The van der Waals surface area contributed by atoms with Crippen molar-refractivity contribution >= 4 is 16.6 Å². The lowest BCUT2D eigenvalue weighted by Gasteiger charge is -2.30. The average Bonchev–Trinajstić information content (AvgIpc) is 3.00. The van der Waals surface area contributed by atoms with E-state index in [0.29, 0.717) is 6.04 Å². The van der Waals surface area contributed by atoms with Crippen molar-refractivity contribution in [3.05, 3.63) is 36.0 Å². The number of benzene rings is 1. The summed E-state index contributed by atoms with van der Waals surface area (Å²) in [6.45, 7) is 3.41. The minimum Gasteiger partial charge on any atom is -0.344 e. The number of fused-ring (bicyclic) bond motifs is 1. The van der Waals surface area contributed by atoms with Crippen LogP contribution in [0.25, 0.3) is 10.9 Å². The fourth-order valence-electron chi connectivity index (χ4n) is 3.95. The van der Waals surface area contributed by atoms with E-state index in [0.717, 1.165) is 13.0 Å². The van der Waals surface area contributed by atoms with Crippen LogP contribution in [0.1, 0.15) is 43.7 Å². The van der Waals surface area contributed by atoms with E-state index < -0.39 is 0 Å². The molecule has 0 saturated carbocycles. The minimum atomic E-state index is 0.650. The van der Waals surface area contributed by atoms with Crippen molar-refractivity contribution in [2.45, 2.75) is 38.1 Å². The van der Waals surface area contributed by atoms with Crippen molar-refractivity contribution in [1.29, 1.82) is 0 Å². The molecule has 2 aliphatic rings. The largest absolute Gasteiger partial charge is 0.344 e. The maximum atomic E-state index is 4.78. The average molecular weight is 295 g/mol. The second-order valence-corrected chi connectivity index (χ2v) is 6.78. The van der Waals surface area contributed by atoms with Gasteiger partial charge in [-0.2, -0.15) is 0 Å². The molecule has 1 aromatic heterocycles. The van der Waals surface area contributed by atoms with Crippen LogP contribution in [0.15, 0.2) is 35.5 Å². The smallest absolute Gasteiger partial charge is 0.0489 e. The lowest BCUT2D eigenvalue weighted by atomic mass is 9.98. The fraction of sp³-hybridized carbons (Fsp3) is 0.526. The van der Waals surface area contributed by atoms with Crippen molar-refractivity contribution in [2.24, 2.45) is 4.99 Å². The van der Waals surface area contributed by atoms with Gasteiger partial charge in [0.1, 0.15) is 0 Å². The highest BCUT2D eigenvalue weighted by Gasteiger charge is 2.20. The Hall–Kier alpha value is -1.61. The standard InChI is InChI=1S/C19H25N3/c1-21-12-8-15(9-13-21)22-14-10-17-16(5-4-7-19(17)22)18-6-2-3-11-20-18/h4-5,7,10,14-15H,2-3,6,8-9,11-13H2,1H3. The van der Waals surface area contributed by atoms with Crippen LogP contribution in [0.4, 0.5) is 0 Å². The van der Waals surface area contributed by atoms with E-state index in [1.807, 2.05) is 0 Å². The summed E-state index contributed by atoms with van der Waals surface area (Å²) in [5.41, 5.74) is 4.07. The summed E-state index contributed by atoms with van der Waals surface area (Å²) in [5.74, 6) is 0. The first-order chi connectivity index (χ1) is 10.8. The van der Waals surface area contributed by atoms with Crippen molar-refractivity contribution in [3.8, 4) is 0 Å². The van der Waals surface area contributed by atoms with Gasteiger partial charge in [0.25, 0.3) is 0 Å². The van der Waals surface area contributed by atoms with E-state index >= 15 is 0 Å². The number of piperidine rings is 1. The first-order valence-electron chi connectivity index (χ1n) is 8.65. The van der Waals surface area contributed by atoms with E-state index in [-0.39, 0.29) is 0 Å². The van der Waals surface area contributed by atoms with Crippen LogP contribution in [-0.4, -0.2) is 41.9 Å². The van der Waals surface area contributed by atoms with Crippen molar-refractivity contribution < 1.29 is 0 Å². The summed E-state index contributed by atoms with van der Waals surface area (Å²) in [5, 5.41) is 1.39. The zero-order valence-electron chi connectivity index (χ0n) is 13.5. The molecule has 0 spiro atoms. The van der Waals surface area contributed by atoms with Gasteiger partial charge >= 0.3 is 0 Å². The molecule has 0 N–H and O–H groups in total. The third kappa shape index (κ3) is 2.48. The van der Waals surface area contributed by atoms with Gasteiger partial charge in [-0.25, -0.2) is 0 Å². The molecule has 0 amide bonds. The van der Waals surface area contributed by atoms with E-state index in [9.17, 15) is 0 Å². The summed E-state index contributed by atoms with van der Waals surface area (Å²) in [4.78, 5) is 7.22. The molecular weight excluding hydrogens is 270 g/mol. The van der Waals surface area contributed by atoms with Gasteiger partial charge in [-0.1, -0.05) is 12.1 Å². The molecule has 1 saturated heterocycles. The molecule has 0 atom stereocenters. The zero-order chi connectivity index (χ0) is 14.9. The van der Waals surface area contributed by atoms with Gasteiger partial charge in [0.15, 0.2) is 0 Å². The number of aliphatic imine (C=N–C) groups is 1. The van der Waals surface area contributed by atoms with E-state index in [4.69, 9.17) is 4.99 Å². The number of rotatable bonds is 2. The highest BCUT2D eigenvalue weighted by Crippen LogP contribution is 2.30. The molecule has 3 nitrogen and oxygen atoms in total. The SMILES string of the molecule is CN1CCC(n2ccc3c(C4=NCCCC4)cccc32)CC1. The number of hydrogen-bond acceptors (Lipinski definition) is 2. The molecule has 1 aromatic carbocycles. The third-order valence-electron chi connectivity index (χ3n) is 5.28. The molecule has 3 heteroatoms. The van der Waals surface area contributed by atoms with E-state index in [1.165, 1.54) is 61.0 Å². The summed E-state index contributed by atoms with van der Waals surface area (Å²) in [7, 11) is 2.23. The molecule has 1 fully saturated rings. The monoisotopic (exact) mass is 295 g/mol. The normalized spacial score (nSPS) is 21.2. The van der Waals surface area contributed by atoms with Gasteiger partial charge in [0.05, 0.1) is 0 Å². The second kappa shape index (κ2) is 5.88. The van der Waals surface area contributed by atoms with Crippen molar-refractivity contribution in [3.63, 3.8) is 0 Å². The second-order valence-electron chi connectivity index (χ2n) is 6.78. The summed E-state index contributed by atoms with van der Waals surface area (Å²) in [6.07, 6.45) is 8.48. The van der Waals surface area contributed by atoms with Gasteiger partial charge in [-0.3, -0.25) is 4.99 Å². The molecular formula is C19H25N3. The zero-order valence-corrected chi connectivity index (χ0v) is 13.5. The number of aromatic nitrogens is 1. The maximum absolute atomic E-state index is 4.78. The summed E-state index contributed by atoms with van der Waals surface area (Å²) >= 11 is 0. The van der Waals surface area contributed by atoms with E-state index in [1.54, 1.807) is 0 Å². The lowest BCUT2D eigenvalue weighted by molar-refractivity contribution is 0.224. The topological polar surface area (TPSA) is 20.5 Å². The molecule has 22 heavy (non-hydrogen) atoms.